The summed E-state index contributed by atoms with van der Waals surface area (Å²) in [5, 5.41) is 11.2. The smallest absolute Gasteiger partial charge is 0.467 e. The van der Waals surface area contributed by atoms with Gasteiger partial charge in [-0.2, -0.15) is 17.7 Å². The largest absolute Gasteiger partial charge is 0.533 e. The first-order chi connectivity index (χ1) is 12.8. The van der Waals surface area contributed by atoms with E-state index in [1.807, 2.05) is 0 Å². The van der Waals surface area contributed by atoms with Gasteiger partial charge in [-0.15, -0.1) is 0 Å². The summed E-state index contributed by atoms with van der Waals surface area (Å²) in [6.07, 6.45) is -0.707. The zero-order chi connectivity index (χ0) is 20.4. The van der Waals surface area contributed by atoms with Gasteiger partial charge in [-0.3, -0.25) is 14.9 Å². The van der Waals surface area contributed by atoms with Crippen LogP contribution in [0.15, 0.2) is 24.3 Å². The molecule has 0 bridgehead atoms. The zero-order valence-corrected chi connectivity index (χ0v) is 15.7. The highest BCUT2D eigenvalue weighted by atomic mass is 32.1. The Balaban J connectivity index is 2.76. The summed E-state index contributed by atoms with van der Waals surface area (Å²) in [5.41, 5.74) is 0.370. The highest BCUT2D eigenvalue weighted by molar-refractivity contribution is 7.80. The number of amides is 1. The quantitative estimate of drug-likeness (QED) is 0.305. The lowest BCUT2D eigenvalue weighted by Crippen LogP contribution is -2.47. The molecule has 0 saturated carbocycles. The minimum atomic E-state index is -1.22. The van der Waals surface area contributed by atoms with E-state index in [9.17, 15) is 24.5 Å². The first kappa shape index (κ1) is 22.2. The molecule has 1 atom stereocenters. The maximum absolute atomic E-state index is 12.2. The van der Waals surface area contributed by atoms with Crippen molar-refractivity contribution in [2.75, 3.05) is 12.9 Å². The summed E-state index contributed by atoms with van der Waals surface area (Å²) in [6.45, 7) is 1.51. The van der Waals surface area contributed by atoms with Crippen molar-refractivity contribution in [3.8, 4) is 0 Å². The van der Waals surface area contributed by atoms with E-state index in [2.05, 4.69) is 17.4 Å². The monoisotopic (exact) mass is 400 g/mol. The molecule has 27 heavy (non-hydrogen) atoms. The summed E-state index contributed by atoms with van der Waals surface area (Å²) in [7, 11) is 1.13. The molecule has 11 heteroatoms. The van der Waals surface area contributed by atoms with Crippen LogP contribution in [0.25, 0.3) is 0 Å². The number of nitrogens with zero attached hydrogens (tertiary/aromatic N) is 2. The van der Waals surface area contributed by atoms with Gasteiger partial charge in [-0.25, -0.2) is 9.59 Å². The Morgan fingerprint density at radius 1 is 1.26 bits per heavy atom. The molecule has 0 aromatic heterocycles. The number of nitro benzene ring substituents is 1. The number of ether oxygens (including phenoxy) is 2. The van der Waals surface area contributed by atoms with Crippen LogP contribution in [0.5, 0.6) is 0 Å². The number of hydrogen-bond acceptors (Lipinski definition) is 9. The van der Waals surface area contributed by atoms with Gasteiger partial charge in [0.2, 0.25) is 0 Å². The molecule has 1 aromatic rings. The molecule has 0 N–H and O–H groups in total. The molecule has 0 aliphatic heterocycles. The molecule has 1 amide bonds. The standard InChI is InChI=1S/C16H20N2O8S/c1-3-4-14(19)17(13(10-27)15(20)24-2)26-16(21)25-9-11-5-7-12(8-6-11)18(22)23/h5-8,13,27H,3-4,9-10H2,1-2H3/t13-/m0/s1. The molecule has 0 aliphatic rings. The summed E-state index contributed by atoms with van der Waals surface area (Å²) in [5.74, 6) is -1.52. The van der Waals surface area contributed by atoms with E-state index in [0.29, 0.717) is 17.0 Å². The molecule has 0 fully saturated rings. The molecule has 0 radical (unpaired) electrons. The highest BCUT2D eigenvalue weighted by Gasteiger charge is 2.33. The van der Waals surface area contributed by atoms with Crippen molar-refractivity contribution in [3.05, 3.63) is 39.9 Å². The number of carbonyl (C=O) groups excluding carboxylic acids is 3. The third-order valence-corrected chi connectivity index (χ3v) is 3.66. The average molecular weight is 400 g/mol. The lowest BCUT2D eigenvalue weighted by molar-refractivity contribution is -0.384. The first-order valence-electron chi connectivity index (χ1n) is 7.92. The molecule has 0 saturated heterocycles. The van der Waals surface area contributed by atoms with Crippen molar-refractivity contribution >= 4 is 36.3 Å². The number of hydrogen-bond donors (Lipinski definition) is 1. The van der Waals surface area contributed by atoms with E-state index in [-0.39, 0.29) is 24.5 Å². The number of methoxy groups -OCH3 is 1. The Labute approximate surface area is 160 Å². The summed E-state index contributed by atoms with van der Waals surface area (Å²) in [6, 6.07) is 4.13. The van der Waals surface area contributed by atoms with Gasteiger partial charge in [-0.1, -0.05) is 6.92 Å². The number of thiol groups is 1. The van der Waals surface area contributed by atoms with E-state index in [4.69, 9.17) is 9.57 Å². The Bertz CT molecular complexity index is 680. The van der Waals surface area contributed by atoms with Crippen molar-refractivity contribution < 1.29 is 33.6 Å². The third-order valence-electron chi connectivity index (χ3n) is 3.32. The Kier molecular flexibility index (Phi) is 9.06. The molecule has 0 heterocycles. The van der Waals surface area contributed by atoms with Gasteiger partial charge in [0.15, 0.2) is 6.04 Å². The molecule has 148 valence electrons. The van der Waals surface area contributed by atoms with E-state index in [1.165, 1.54) is 24.3 Å². The van der Waals surface area contributed by atoms with Gasteiger partial charge in [-0.05, 0) is 24.1 Å². The summed E-state index contributed by atoms with van der Waals surface area (Å²) in [4.78, 5) is 50.8. The normalized spacial score (nSPS) is 11.2. The fraction of sp³-hybridized carbons (Fsp3) is 0.438. The van der Waals surface area contributed by atoms with Crippen LogP contribution in [0.1, 0.15) is 25.3 Å². The molecular weight excluding hydrogens is 380 g/mol. The lowest BCUT2D eigenvalue weighted by atomic mass is 10.2. The number of benzene rings is 1. The van der Waals surface area contributed by atoms with Crippen LogP contribution in [0.4, 0.5) is 10.5 Å². The molecule has 1 rings (SSSR count). The second-order valence-corrected chi connectivity index (χ2v) is 5.61. The van der Waals surface area contributed by atoms with Gasteiger partial charge in [0.05, 0.1) is 12.0 Å². The Hall–Kier alpha value is -2.82. The van der Waals surface area contributed by atoms with Crippen LogP contribution in [0, 0.1) is 10.1 Å². The van der Waals surface area contributed by atoms with Gasteiger partial charge < -0.3 is 14.3 Å². The molecule has 10 nitrogen and oxygen atoms in total. The van der Waals surface area contributed by atoms with Crippen molar-refractivity contribution in [1.29, 1.82) is 0 Å². The minimum absolute atomic E-state index is 0.0386. The van der Waals surface area contributed by atoms with Crippen LogP contribution in [0.3, 0.4) is 0 Å². The third kappa shape index (κ3) is 6.77. The topological polar surface area (TPSA) is 125 Å². The fourth-order valence-electron chi connectivity index (χ4n) is 1.96. The lowest BCUT2D eigenvalue weighted by Gasteiger charge is -2.26. The summed E-state index contributed by atoms with van der Waals surface area (Å²) >= 11 is 3.99. The Morgan fingerprint density at radius 2 is 1.89 bits per heavy atom. The van der Waals surface area contributed by atoms with Gasteiger partial charge in [0.1, 0.15) is 6.61 Å². The second kappa shape index (κ2) is 11.0. The maximum atomic E-state index is 12.2. The van der Waals surface area contributed by atoms with Crippen molar-refractivity contribution in [2.24, 2.45) is 0 Å². The highest BCUT2D eigenvalue weighted by Crippen LogP contribution is 2.14. The number of nitro groups is 1. The summed E-state index contributed by atoms with van der Waals surface area (Å²) < 4.78 is 9.48. The average Bonchev–Trinajstić information content (AvgIpc) is 2.66. The number of hydroxylamine groups is 2. The Morgan fingerprint density at radius 3 is 2.37 bits per heavy atom. The molecule has 0 spiro atoms. The molecular formula is C16H20N2O8S. The van der Waals surface area contributed by atoms with Gasteiger partial charge in [0.25, 0.3) is 11.6 Å². The van der Waals surface area contributed by atoms with Gasteiger partial charge >= 0.3 is 12.1 Å². The van der Waals surface area contributed by atoms with Crippen LogP contribution >= 0.6 is 12.6 Å². The van der Waals surface area contributed by atoms with Crippen molar-refractivity contribution in [2.45, 2.75) is 32.4 Å². The zero-order valence-electron chi connectivity index (χ0n) is 14.8. The SMILES string of the molecule is CCCC(=O)N(OC(=O)OCc1ccc([N+](=O)[O-])cc1)[C@@H](CS)C(=O)OC. The number of rotatable bonds is 8. The van der Waals surface area contributed by atoms with Gasteiger partial charge in [0, 0.05) is 24.3 Å². The molecule has 1 aromatic carbocycles. The minimum Gasteiger partial charge on any atom is -0.467 e. The van der Waals surface area contributed by atoms with Crippen LogP contribution in [-0.2, 0) is 30.5 Å². The van der Waals surface area contributed by atoms with E-state index >= 15 is 0 Å². The van der Waals surface area contributed by atoms with E-state index in [0.717, 1.165) is 7.11 Å². The van der Waals surface area contributed by atoms with Crippen molar-refractivity contribution in [1.82, 2.24) is 5.06 Å². The van der Waals surface area contributed by atoms with E-state index in [1.54, 1.807) is 6.92 Å². The first-order valence-corrected chi connectivity index (χ1v) is 8.56. The second-order valence-electron chi connectivity index (χ2n) is 5.24. The number of esters is 1. The number of carbonyl (C=O) groups is 3. The van der Waals surface area contributed by atoms with Crippen LogP contribution < -0.4 is 0 Å². The van der Waals surface area contributed by atoms with E-state index < -0.39 is 29.0 Å². The number of non-ortho nitro benzene ring substituents is 1. The van der Waals surface area contributed by atoms with Crippen molar-refractivity contribution in [3.63, 3.8) is 0 Å². The predicted octanol–water partition coefficient (Wildman–Crippen LogP) is 2.26. The maximum Gasteiger partial charge on any atom is 0.533 e. The van der Waals surface area contributed by atoms with Crippen LogP contribution in [0.2, 0.25) is 0 Å². The van der Waals surface area contributed by atoms with Crippen LogP contribution in [-0.4, -0.2) is 46.9 Å². The fourth-order valence-corrected chi connectivity index (χ4v) is 2.25. The molecule has 0 aliphatic carbocycles. The molecule has 0 unspecified atom stereocenters. The predicted molar refractivity (Wildman–Crippen MR) is 95.8 cm³/mol.